The van der Waals surface area contributed by atoms with Crippen LogP contribution >= 0.6 is 0 Å². The van der Waals surface area contributed by atoms with Crippen LogP contribution in [0.25, 0.3) is 27.9 Å². The van der Waals surface area contributed by atoms with Crippen LogP contribution in [0, 0.1) is 5.82 Å². The van der Waals surface area contributed by atoms with E-state index in [-0.39, 0.29) is 5.91 Å². The van der Waals surface area contributed by atoms with E-state index in [9.17, 15) is 9.18 Å². The average molecular weight is 420 g/mol. The largest absolute Gasteiger partial charge is 0.497 e. The van der Waals surface area contributed by atoms with E-state index in [0.717, 1.165) is 18.4 Å². The van der Waals surface area contributed by atoms with Gasteiger partial charge in [0.05, 0.1) is 12.6 Å². The first-order valence-corrected chi connectivity index (χ1v) is 10.2. The van der Waals surface area contributed by atoms with Crippen LogP contribution in [0.15, 0.2) is 42.5 Å². The second-order valence-electron chi connectivity index (χ2n) is 7.48. The number of benzene rings is 2. The first-order valence-electron chi connectivity index (χ1n) is 10.2. The zero-order valence-corrected chi connectivity index (χ0v) is 16.9. The molecule has 1 amide bonds. The minimum absolute atomic E-state index is 0.0834. The highest BCUT2D eigenvalue weighted by Gasteiger charge is 2.23. The molecule has 1 aliphatic rings. The molecule has 1 saturated heterocycles. The molecule has 31 heavy (non-hydrogen) atoms. The van der Waals surface area contributed by atoms with Gasteiger partial charge in [0.1, 0.15) is 17.6 Å². The number of hydrogen-bond donors (Lipinski definition) is 2. The summed E-state index contributed by atoms with van der Waals surface area (Å²) in [7, 11) is 1.60. The quantitative estimate of drug-likeness (QED) is 0.527. The monoisotopic (exact) mass is 420 g/mol. The Kier molecular flexibility index (Phi) is 4.85. The lowest BCUT2D eigenvalue weighted by Crippen LogP contribution is -2.38. The van der Waals surface area contributed by atoms with Crippen molar-refractivity contribution in [3.05, 3.63) is 48.3 Å². The lowest BCUT2D eigenvalue weighted by atomic mass is 10.1. The van der Waals surface area contributed by atoms with Crippen molar-refractivity contribution in [2.24, 2.45) is 0 Å². The molecule has 2 N–H and O–H groups in total. The van der Waals surface area contributed by atoms with Gasteiger partial charge in [0.25, 0.3) is 0 Å². The maximum absolute atomic E-state index is 13.9. The average Bonchev–Trinajstić information content (AvgIpc) is 3.14. The number of aromatic nitrogens is 4. The number of methoxy groups -OCH3 is 1. The Morgan fingerprint density at radius 2 is 2.10 bits per heavy atom. The lowest BCUT2D eigenvalue weighted by molar-refractivity contribution is -0.121. The van der Waals surface area contributed by atoms with E-state index in [1.807, 2.05) is 24.3 Å². The molecule has 0 radical (unpaired) electrons. The number of rotatable bonds is 4. The highest BCUT2D eigenvalue weighted by molar-refractivity contribution is 5.93. The molecule has 0 spiro atoms. The second-order valence-corrected chi connectivity index (χ2v) is 7.48. The van der Waals surface area contributed by atoms with Gasteiger partial charge in [0.2, 0.25) is 11.9 Å². The molecule has 2 aromatic heterocycles. The van der Waals surface area contributed by atoms with Gasteiger partial charge in [-0.3, -0.25) is 4.79 Å². The normalized spacial score (nSPS) is 16.8. The predicted molar refractivity (Wildman–Crippen MR) is 115 cm³/mol. The van der Waals surface area contributed by atoms with Crippen molar-refractivity contribution in [1.29, 1.82) is 0 Å². The molecule has 1 aliphatic heterocycles. The van der Waals surface area contributed by atoms with Crippen molar-refractivity contribution in [3.8, 4) is 17.1 Å². The van der Waals surface area contributed by atoms with Crippen LogP contribution in [0.5, 0.6) is 5.75 Å². The summed E-state index contributed by atoms with van der Waals surface area (Å²) in [6, 6.07) is 11.3. The van der Waals surface area contributed by atoms with E-state index in [1.54, 1.807) is 17.7 Å². The first-order chi connectivity index (χ1) is 15.1. The summed E-state index contributed by atoms with van der Waals surface area (Å²) in [4.78, 5) is 21.7. The van der Waals surface area contributed by atoms with E-state index < -0.39 is 11.9 Å². The van der Waals surface area contributed by atoms with Gasteiger partial charge in [-0.05, 0) is 43.5 Å². The second kappa shape index (κ2) is 7.82. The number of carbonyl (C=O) groups is 1. The molecule has 4 aromatic rings. The Balaban J connectivity index is 1.67. The minimum atomic E-state index is -0.450. The molecule has 5 rings (SSSR count). The van der Waals surface area contributed by atoms with E-state index in [4.69, 9.17) is 9.72 Å². The van der Waals surface area contributed by atoms with Crippen LogP contribution in [0.3, 0.4) is 0 Å². The smallest absolute Gasteiger partial charge is 0.242 e. The van der Waals surface area contributed by atoms with Gasteiger partial charge in [0.15, 0.2) is 11.5 Å². The highest BCUT2D eigenvalue weighted by atomic mass is 19.1. The Bertz CT molecular complexity index is 1290. The molecule has 2 aromatic carbocycles. The zero-order valence-electron chi connectivity index (χ0n) is 16.9. The molecule has 0 aliphatic carbocycles. The minimum Gasteiger partial charge on any atom is -0.497 e. The molecule has 9 heteroatoms. The predicted octanol–water partition coefficient (Wildman–Crippen LogP) is 3.17. The molecular formula is C22H21FN6O2. The highest BCUT2D eigenvalue weighted by Crippen LogP contribution is 2.27. The number of fused-ring (bicyclic) bond motifs is 3. The van der Waals surface area contributed by atoms with Gasteiger partial charge in [-0.1, -0.05) is 12.1 Å². The summed E-state index contributed by atoms with van der Waals surface area (Å²) in [6.45, 7) is 0.659. The van der Waals surface area contributed by atoms with Crippen LogP contribution in [0.4, 0.5) is 10.3 Å². The Morgan fingerprint density at radius 1 is 1.19 bits per heavy atom. The van der Waals surface area contributed by atoms with Crippen LogP contribution in [0.2, 0.25) is 0 Å². The lowest BCUT2D eigenvalue weighted by Gasteiger charge is -2.16. The van der Waals surface area contributed by atoms with Gasteiger partial charge >= 0.3 is 0 Å². The first kappa shape index (κ1) is 19.2. The topological polar surface area (TPSA) is 93.4 Å². The number of anilines is 1. The van der Waals surface area contributed by atoms with Crippen molar-refractivity contribution in [2.75, 3.05) is 19.0 Å². The number of hydrogen-bond acceptors (Lipinski definition) is 6. The van der Waals surface area contributed by atoms with Crippen LogP contribution in [-0.4, -0.2) is 45.2 Å². The summed E-state index contributed by atoms with van der Waals surface area (Å²) in [5, 5.41) is 11.4. The summed E-state index contributed by atoms with van der Waals surface area (Å²) in [5.41, 5.74) is 1.74. The van der Waals surface area contributed by atoms with Crippen molar-refractivity contribution >= 4 is 28.4 Å². The van der Waals surface area contributed by atoms with Crippen molar-refractivity contribution in [2.45, 2.75) is 25.3 Å². The molecule has 158 valence electrons. The molecule has 1 fully saturated rings. The standard InChI is InChI=1S/C22H21FN6O2/c1-31-15-6-4-5-13(11-15)19-27-20-16-9-8-14(23)12-18(16)26-22(29(20)28-19)25-17-7-2-3-10-24-21(17)30/h4-6,8-9,11-12,17H,2-3,7,10H2,1H3,(H,24,30)(H,25,26)/t17-/m1/s1. The SMILES string of the molecule is COc1cccc(-c2nc3c4ccc(F)cc4nc(N[C@@H]4CCCCNC4=O)n3n2)c1. The van der Waals surface area contributed by atoms with Crippen LogP contribution < -0.4 is 15.4 Å². The van der Waals surface area contributed by atoms with Gasteiger partial charge < -0.3 is 15.4 Å². The third-order valence-corrected chi connectivity index (χ3v) is 5.40. The zero-order chi connectivity index (χ0) is 21.4. The number of nitrogens with one attached hydrogen (secondary N) is 2. The summed E-state index contributed by atoms with van der Waals surface area (Å²) >= 11 is 0. The number of halogens is 1. The van der Waals surface area contributed by atoms with Crippen molar-refractivity contribution < 1.29 is 13.9 Å². The summed E-state index contributed by atoms with van der Waals surface area (Å²) < 4.78 is 20.8. The van der Waals surface area contributed by atoms with E-state index in [2.05, 4.69) is 20.7 Å². The van der Waals surface area contributed by atoms with Gasteiger partial charge in [-0.2, -0.15) is 4.52 Å². The number of amides is 1. The van der Waals surface area contributed by atoms with Crippen LogP contribution in [-0.2, 0) is 4.79 Å². The van der Waals surface area contributed by atoms with E-state index >= 15 is 0 Å². The van der Waals surface area contributed by atoms with Crippen molar-refractivity contribution in [1.82, 2.24) is 24.9 Å². The summed E-state index contributed by atoms with van der Waals surface area (Å²) in [6.07, 6.45) is 2.51. The van der Waals surface area contributed by atoms with E-state index in [1.165, 1.54) is 12.1 Å². The fraction of sp³-hybridized carbons (Fsp3) is 0.273. The third kappa shape index (κ3) is 3.63. The van der Waals surface area contributed by atoms with Gasteiger partial charge in [-0.15, -0.1) is 5.10 Å². The maximum Gasteiger partial charge on any atom is 0.242 e. The maximum atomic E-state index is 13.9. The molecule has 0 unspecified atom stereocenters. The molecule has 0 bridgehead atoms. The van der Waals surface area contributed by atoms with E-state index in [0.29, 0.717) is 47.0 Å². The fourth-order valence-corrected chi connectivity index (χ4v) is 3.79. The summed E-state index contributed by atoms with van der Waals surface area (Å²) in [5.74, 6) is 1.03. The third-order valence-electron chi connectivity index (χ3n) is 5.40. The Labute approximate surface area is 177 Å². The van der Waals surface area contributed by atoms with Gasteiger partial charge in [-0.25, -0.2) is 14.4 Å². The van der Waals surface area contributed by atoms with Crippen LogP contribution in [0.1, 0.15) is 19.3 Å². The molecular weight excluding hydrogens is 399 g/mol. The molecule has 8 nitrogen and oxygen atoms in total. The van der Waals surface area contributed by atoms with Gasteiger partial charge in [0, 0.05) is 23.6 Å². The fourth-order valence-electron chi connectivity index (χ4n) is 3.79. The molecule has 3 heterocycles. The number of carbonyl (C=O) groups excluding carboxylic acids is 1. The molecule has 1 atom stereocenters. The number of nitrogens with zero attached hydrogens (tertiary/aromatic N) is 4. The van der Waals surface area contributed by atoms with Crippen molar-refractivity contribution in [3.63, 3.8) is 0 Å². The Hall–Kier alpha value is -3.75. The molecule has 0 saturated carbocycles. The number of ether oxygens (including phenoxy) is 1. The Morgan fingerprint density at radius 3 is 2.97 bits per heavy atom.